The molecule has 0 aliphatic carbocycles. The Kier molecular flexibility index (Phi) is 4.39. The molecular formula is C17H18F4N6O. The zero-order valence-corrected chi connectivity index (χ0v) is 14.9. The van der Waals surface area contributed by atoms with Crippen molar-refractivity contribution in [2.24, 2.45) is 5.92 Å². The molecule has 0 radical (unpaired) electrons. The van der Waals surface area contributed by atoms with E-state index in [0.717, 1.165) is 0 Å². The lowest BCUT2D eigenvalue weighted by Gasteiger charge is -2.18. The fourth-order valence-corrected chi connectivity index (χ4v) is 3.87. The summed E-state index contributed by atoms with van der Waals surface area (Å²) < 4.78 is 53.1. The number of fused-ring (bicyclic) bond motifs is 3. The first-order valence-corrected chi connectivity index (χ1v) is 8.88. The monoisotopic (exact) mass is 398 g/mol. The molecule has 28 heavy (non-hydrogen) atoms. The largest absolute Gasteiger partial charge is 0.405 e. The number of urea groups is 1. The van der Waals surface area contributed by atoms with E-state index in [1.165, 1.54) is 4.90 Å². The SMILES string of the molecule is CC[C@@H]1CN(C(=O)NCC(F)(F)F)C[C@@H]1c1cnc2c(F)nc3[nH]ccc3n12. The molecule has 11 heteroatoms. The standard InChI is InChI=1S/C17H18F4N6O/c1-2-9-6-26(16(28)24-8-17(19,20)21)7-10(9)12-5-23-15-13(18)25-14-11(27(12)15)3-4-22-14/h3-5,9-10,22H,2,6-8H2,1H3,(H,24,28)/t9-,10+/m1/s1. The van der Waals surface area contributed by atoms with Crippen LogP contribution in [0.15, 0.2) is 18.5 Å². The summed E-state index contributed by atoms with van der Waals surface area (Å²) in [5, 5.41) is 1.91. The zero-order chi connectivity index (χ0) is 20.1. The van der Waals surface area contributed by atoms with Gasteiger partial charge < -0.3 is 15.2 Å². The van der Waals surface area contributed by atoms with Crippen molar-refractivity contribution in [1.29, 1.82) is 0 Å². The molecule has 0 unspecified atom stereocenters. The van der Waals surface area contributed by atoms with Crippen LogP contribution in [0, 0.1) is 11.9 Å². The van der Waals surface area contributed by atoms with Crippen LogP contribution in [-0.2, 0) is 0 Å². The molecule has 7 nitrogen and oxygen atoms in total. The average molecular weight is 398 g/mol. The van der Waals surface area contributed by atoms with E-state index >= 15 is 0 Å². The predicted octanol–water partition coefficient (Wildman–Crippen LogP) is 3.05. The molecule has 1 aliphatic heterocycles. The van der Waals surface area contributed by atoms with Crippen molar-refractivity contribution in [1.82, 2.24) is 29.6 Å². The van der Waals surface area contributed by atoms with Crippen molar-refractivity contribution in [3.05, 3.63) is 30.1 Å². The van der Waals surface area contributed by atoms with Crippen molar-refractivity contribution in [2.45, 2.75) is 25.4 Å². The van der Waals surface area contributed by atoms with Crippen LogP contribution in [0.1, 0.15) is 25.0 Å². The summed E-state index contributed by atoms with van der Waals surface area (Å²) in [5.41, 5.74) is 1.81. The van der Waals surface area contributed by atoms with Gasteiger partial charge in [0.2, 0.25) is 0 Å². The van der Waals surface area contributed by atoms with Crippen LogP contribution in [-0.4, -0.2) is 56.1 Å². The highest BCUT2D eigenvalue weighted by atomic mass is 19.4. The van der Waals surface area contributed by atoms with E-state index in [0.29, 0.717) is 29.8 Å². The van der Waals surface area contributed by atoms with Gasteiger partial charge in [0.15, 0.2) is 11.3 Å². The number of carbonyl (C=O) groups is 1. The molecule has 1 aliphatic rings. The maximum Gasteiger partial charge on any atom is 0.405 e. The van der Waals surface area contributed by atoms with Crippen LogP contribution in [0.5, 0.6) is 0 Å². The van der Waals surface area contributed by atoms with Crippen molar-refractivity contribution in [3.63, 3.8) is 0 Å². The molecule has 1 saturated heterocycles. The number of halogens is 4. The van der Waals surface area contributed by atoms with E-state index in [1.54, 1.807) is 22.9 Å². The molecule has 3 aromatic heterocycles. The fourth-order valence-electron chi connectivity index (χ4n) is 3.87. The number of nitrogens with zero attached hydrogens (tertiary/aromatic N) is 4. The van der Waals surface area contributed by atoms with Crippen molar-refractivity contribution < 1.29 is 22.4 Å². The number of amides is 2. The van der Waals surface area contributed by atoms with Crippen molar-refractivity contribution in [2.75, 3.05) is 19.6 Å². The van der Waals surface area contributed by atoms with E-state index in [-0.39, 0.29) is 24.0 Å². The Bertz CT molecular complexity index is 1030. The molecule has 4 heterocycles. The second-order valence-electron chi connectivity index (χ2n) is 6.91. The number of hydrogen-bond donors (Lipinski definition) is 2. The molecule has 2 amide bonds. The molecule has 0 saturated carbocycles. The van der Waals surface area contributed by atoms with E-state index in [1.807, 2.05) is 12.2 Å². The molecule has 3 aromatic rings. The predicted molar refractivity (Wildman–Crippen MR) is 92.4 cm³/mol. The Labute approximate surface area is 156 Å². The second-order valence-corrected chi connectivity index (χ2v) is 6.91. The number of H-pyrrole nitrogens is 1. The smallest absolute Gasteiger partial charge is 0.345 e. The number of hydrogen-bond acceptors (Lipinski definition) is 3. The normalized spacial score (nSPS) is 20.4. The van der Waals surface area contributed by atoms with Gasteiger partial charge in [-0.05, 0) is 12.0 Å². The van der Waals surface area contributed by atoms with Gasteiger partial charge in [-0.3, -0.25) is 4.40 Å². The summed E-state index contributed by atoms with van der Waals surface area (Å²) in [4.78, 5) is 24.4. The van der Waals surface area contributed by atoms with Crippen LogP contribution in [0.25, 0.3) is 16.8 Å². The number of alkyl halides is 3. The summed E-state index contributed by atoms with van der Waals surface area (Å²) in [6.45, 7) is 1.13. The Morgan fingerprint density at radius 3 is 2.89 bits per heavy atom. The first-order chi connectivity index (χ1) is 13.3. The molecule has 4 rings (SSSR count). The molecule has 0 spiro atoms. The number of carbonyl (C=O) groups excluding carboxylic acids is 1. The van der Waals surface area contributed by atoms with E-state index in [2.05, 4.69) is 15.0 Å². The number of nitrogens with one attached hydrogen (secondary N) is 2. The average Bonchev–Trinajstić information content (AvgIpc) is 3.35. The van der Waals surface area contributed by atoms with Gasteiger partial charge >= 0.3 is 12.2 Å². The molecule has 2 atom stereocenters. The Morgan fingerprint density at radius 2 is 2.18 bits per heavy atom. The third kappa shape index (κ3) is 3.14. The van der Waals surface area contributed by atoms with Crippen LogP contribution in [0.3, 0.4) is 0 Å². The minimum atomic E-state index is -4.47. The van der Waals surface area contributed by atoms with Gasteiger partial charge in [-0.25, -0.2) is 9.78 Å². The lowest BCUT2D eigenvalue weighted by atomic mass is 9.91. The van der Waals surface area contributed by atoms with Gasteiger partial charge in [0.05, 0.1) is 5.52 Å². The topological polar surface area (TPSA) is 78.3 Å². The highest BCUT2D eigenvalue weighted by Crippen LogP contribution is 2.36. The summed E-state index contributed by atoms with van der Waals surface area (Å²) >= 11 is 0. The third-order valence-corrected chi connectivity index (χ3v) is 5.20. The first kappa shape index (κ1) is 18.5. The Hall–Kier alpha value is -2.85. The summed E-state index contributed by atoms with van der Waals surface area (Å²) in [7, 11) is 0. The lowest BCUT2D eigenvalue weighted by Crippen LogP contribution is -2.42. The van der Waals surface area contributed by atoms with Gasteiger partial charge in [-0.15, -0.1) is 0 Å². The van der Waals surface area contributed by atoms with Crippen LogP contribution in [0.4, 0.5) is 22.4 Å². The molecule has 1 fully saturated rings. The summed E-state index contributed by atoms with van der Waals surface area (Å²) in [6, 6.07) is 0.996. The van der Waals surface area contributed by atoms with Crippen LogP contribution < -0.4 is 5.32 Å². The van der Waals surface area contributed by atoms with Gasteiger partial charge in [-0.1, -0.05) is 13.3 Å². The second kappa shape index (κ2) is 6.64. The highest BCUT2D eigenvalue weighted by Gasteiger charge is 2.38. The fraction of sp³-hybridized carbons (Fsp3) is 0.471. The molecule has 150 valence electrons. The van der Waals surface area contributed by atoms with E-state index in [4.69, 9.17) is 0 Å². The van der Waals surface area contributed by atoms with Gasteiger partial charge in [0, 0.05) is 37.1 Å². The van der Waals surface area contributed by atoms with Gasteiger partial charge in [0.25, 0.3) is 5.95 Å². The maximum absolute atomic E-state index is 14.3. The van der Waals surface area contributed by atoms with E-state index in [9.17, 15) is 22.4 Å². The molecule has 0 bridgehead atoms. The third-order valence-electron chi connectivity index (χ3n) is 5.20. The highest BCUT2D eigenvalue weighted by molar-refractivity contribution is 5.76. The number of likely N-dealkylation sites (tertiary alicyclic amines) is 1. The Morgan fingerprint density at radius 1 is 1.39 bits per heavy atom. The zero-order valence-electron chi connectivity index (χ0n) is 14.9. The van der Waals surface area contributed by atoms with Gasteiger partial charge in [0.1, 0.15) is 6.54 Å². The van der Waals surface area contributed by atoms with Crippen LogP contribution in [0.2, 0.25) is 0 Å². The lowest BCUT2D eigenvalue weighted by molar-refractivity contribution is -0.123. The molecular weight excluding hydrogens is 380 g/mol. The summed E-state index contributed by atoms with van der Waals surface area (Å²) in [6.07, 6.45) is -0.560. The quantitative estimate of drug-likeness (QED) is 0.666. The number of aromatic nitrogens is 4. The van der Waals surface area contributed by atoms with Crippen molar-refractivity contribution >= 4 is 22.8 Å². The maximum atomic E-state index is 14.3. The van der Waals surface area contributed by atoms with Gasteiger partial charge in [-0.2, -0.15) is 22.5 Å². The number of rotatable bonds is 3. The Balaban J connectivity index is 1.66. The summed E-state index contributed by atoms with van der Waals surface area (Å²) in [5.74, 6) is -0.884. The molecule has 2 N–H and O–H groups in total. The molecule has 0 aromatic carbocycles. The minimum absolute atomic E-state index is 0.0155. The van der Waals surface area contributed by atoms with Crippen molar-refractivity contribution in [3.8, 4) is 0 Å². The minimum Gasteiger partial charge on any atom is -0.345 e. The van der Waals surface area contributed by atoms with Crippen LogP contribution >= 0.6 is 0 Å². The van der Waals surface area contributed by atoms with E-state index < -0.39 is 24.7 Å². The number of imidazole rings is 1. The first-order valence-electron chi connectivity index (χ1n) is 8.88. The number of aromatic amines is 1.